The molecule has 0 saturated carbocycles. The lowest BCUT2D eigenvalue weighted by molar-refractivity contribution is 0.171. The molecule has 2 atom stereocenters. The Morgan fingerprint density at radius 3 is 2.51 bits per heavy atom. The van der Waals surface area contributed by atoms with Crippen molar-refractivity contribution in [3.05, 3.63) is 101 Å². The second-order valence-corrected chi connectivity index (χ2v) is 9.82. The monoisotopic (exact) mass is 525 g/mol. The molecule has 0 radical (unpaired) electrons. The van der Waals surface area contributed by atoms with Gasteiger partial charge in [0.15, 0.2) is 0 Å². The maximum atomic E-state index is 13.0. The van der Waals surface area contributed by atoms with Crippen LogP contribution in [0.4, 0.5) is 10.5 Å². The first-order chi connectivity index (χ1) is 18.7. The van der Waals surface area contributed by atoms with Crippen LogP contribution in [0.15, 0.2) is 84.1 Å². The van der Waals surface area contributed by atoms with E-state index in [-0.39, 0.29) is 29.6 Å². The number of urea groups is 1. The Bertz CT molecular complexity index is 1450. The van der Waals surface area contributed by atoms with Gasteiger partial charge in [-0.15, -0.1) is 0 Å². The third kappa shape index (κ3) is 6.81. The second-order valence-electron chi connectivity index (χ2n) is 9.82. The molecule has 9 heteroatoms. The lowest BCUT2D eigenvalue weighted by Crippen LogP contribution is -2.42. The van der Waals surface area contributed by atoms with Gasteiger partial charge in [0.1, 0.15) is 29.0 Å². The van der Waals surface area contributed by atoms with Crippen molar-refractivity contribution >= 4 is 23.4 Å². The lowest BCUT2D eigenvalue weighted by Gasteiger charge is -2.32. The summed E-state index contributed by atoms with van der Waals surface area (Å²) in [6, 6.07) is 18.4. The average molecular weight is 526 g/mol. The molecule has 202 valence electrons. The number of hydrogen-bond donors (Lipinski definition) is 5. The number of amidine groups is 1. The molecule has 0 bridgehead atoms. The highest BCUT2D eigenvalue weighted by Crippen LogP contribution is 2.38. The number of aromatic nitrogens is 1. The SMILES string of the molecule is Cc1ccc(N=C(/C=C\N)NC(=O)N[C@H]2CC[C@@H](Oc3ccc(=N)n(C(=N)C(C)C)c3)c3ccccc32)cc1. The maximum Gasteiger partial charge on any atom is 0.320 e. The van der Waals surface area contributed by atoms with Gasteiger partial charge in [0.2, 0.25) is 0 Å². The van der Waals surface area contributed by atoms with Crippen molar-refractivity contribution in [2.75, 3.05) is 0 Å². The van der Waals surface area contributed by atoms with Crippen molar-refractivity contribution in [2.24, 2.45) is 16.6 Å². The van der Waals surface area contributed by atoms with Crippen molar-refractivity contribution in [3.63, 3.8) is 0 Å². The number of benzene rings is 2. The molecule has 6 N–H and O–H groups in total. The first-order valence-corrected chi connectivity index (χ1v) is 13.0. The number of hydrogen-bond acceptors (Lipinski definition) is 6. The van der Waals surface area contributed by atoms with E-state index in [1.807, 2.05) is 69.3 Å². The number of aliphatic imine (C=N–C) groups is 1. The minimum atomic E-state index is -0.377. The standard InChI is InChI=1S/C30H35N7O2/c1-19(2)29(33)37-18-22(12-15-27(37)32)39-26-14-13-25(23-6-4-5-7-24(23)26)35-30(38)36-28(16-17-31)34-21-10-8-20(3)9-11-21/h4-12,15-19,25-26,32-33H,13-14,31H2,1-3H3,(H2,34,35,36,38)/b17-16-,32-27?,33-29?/t25-,26+/m0/s1. The van der Waals surface area contributed by atoms with Gasteiger partial charge in [-0.1, -0.05) is 55.8 Å². The number of carbonyl (C=O) groups is 1. The largest absolute Gasteiger partial charge is 0.484 e. The average Bonchev–Trinajstić information content (AvgIpc) is 2.92. The number of amides is 2. The number of aryl methyl sites for hydroxylation is 1. The quantitative estimate of drug-likeness (QED) is 0.223. The van der Waals surface area contributed by atoms with Crippen LogP contribution in [-0.4, -0.2) is 22.3 Å². The third-order valence-electron chi connectivity index (χ3n) is 6.53. The number of nitrogens with one attached hydrogen (secondary N) is 4. The molecule has 2 aromatic carbocycles. The van der Waals surface area contributed by atoms with Crippen molar-refractivity contribution in [1.29, 1.82) is 10.8 Å². The molecule has 1 aromatic heterocycles. The van der Waals surface area contributed by atoms with E-state index in [1.165, 1.54) is 10.8 Å². The van der Waals surface area contributed by atoms with E-state index in [4.69, 9.17) is 21.3 Å². The predicted octanol–water partition coefficient (Wildman–Crippen LogP) is 5.21. The maximum absolute atomic E-state index is 13.0. The molecule has 0 spiro atoms. The number of carbonyl (C=O) groups excluding carboxylic acids is 1. The van der Waals surface area contributed by atoms with Crippen LogP contribution < -0.4 is 26.6 Å². The van der Waals surface area contributed by atoms with Crippen LogP contribution in [0, 0.1) is 23.7 Å². The summed E-state index contributed by atoms with van der Waals surface area (Å²) >= 11 is 0. The predicted molar refractivity (Wildman–Crippen MR) is 153 cm³/mol. The van der Waals surface area contributed by atoms with E-state index in [1.54, 1.807) is 24.4 Å². The van der Waals surface area contributed by atoms with E-state index < -0.39 is 0 Å². The van der Waals surface area contributed by atoms with Gasteiger partial charge in [0.25, 0.3) is 0 Å². The zero-order valence-electron chi connectivity index (χ0n) is 22.4. The van der Waals surface area contributed by atoms with Crippen molar-refractivity contribution in [2.45, 2.75) is 45.8 Å². The van der Waals surface area contributed by atoms with Gasteiger partial charge >= 0.3 is 6.03 Å². The molecule has 0 unspecified atom stereocenters. The first-order valence-electron chi connectivity index (χ1n) is 13.0. The van der Waals surface area contributed by atoms with Crippen LogP contribution in [0.3, 0.4) is 0 Å². The van der Waals surface area contributed by atoms with Gasteiger partial charge in [-0.3, -0.25) is 20.7 Å². The van der Waals surface area contributed by atoms with Gasteiger partial charge in [0.05, 0.1) is 17.9 Å². The van der Waals surface area contributed by atoms with Crippen molar-refractivity contribution in [3.8, 4) is 5.75 Å². The normalized spacial score (nSPS) is 17.1. The fourth-order valence-corrected chi connectivity index (χ4v) is 4.48. The highest BCUT2D eigenvalue weighted by Gasteiger charge is 2.29. The van der Waals surface area contributed by atoms with Crippen LogP contribution in [0.2, 0.25) is 0 Å². The first kappa shape index (κ1) is 27.4. The van der Waals surface area contributed by atoms with Gasteiger partial charge in [-0.25, -0.2) is 9.79 Å². The van der Waals surface area contributed by atoms with E-state index in [2.05, 4.69) is 15.6 Å². The number of pyridine rings is 1. The number of ether oxygens (including phenoxy) is 1. The summed E-state index contributed by atoms with van der Waals surface area (Å²) in [5.41, 5.74) is 9.62. The zero-order valence-corrected chi connectivity index (χ0v) is 22.4. The van der Waals surface area contributed by atoms with E-state index >= 15 is 0 Å². The second kappa shape index (κ2) is 12.3. The van der Waals surface area contributed by atoms with Gasteiger partial charge in [0, 0.05) is 5.92 Å². The lowest BCUT2D eigenvalue weighted by atomic mass is 9.85. The molecule has 0 aliphatic heterocycles. The Kier molecular flexibility index (Phi) is 8.60. The molecule has 1 aliphatic rings. The highest BCUT2D eigenvalue weighted by molar-refractivity contribution is 6.04. The number of nitrogens with zero attached hydrogens (tertiary/aromatic N) is 2. The Morgan fingerprint density at radius 2 is 1.82 bits per heavy atom. The van der Waals surface area contributed by atoms with E-state index in [0.29, 0.717) is 35.9 Å². The zero-order chi connectivity index (χ0) is 27.9. The Hall–Kier alpha value is -4.66. The van der Waals surface area contributed by atoms with E-state index in [9.17, 15) is 4.79 Å². The fraction of sp³-hybridized carbons (Fsp3) is 0.267. The summed E-state index contributed by atoms with van der Waals surface area (Å²) < 4.78 is 7.90. The minimum absolute atomic E-state index is 0.0227. The topological polar surface area (TPSA) is 141 Å². The number of nitrogens with two attached hydrogens (primary N) is 1. The molecule has 0 fully saturated rings. The van der Waals surface area contributed by atoms with Gasteiger partial charge in [-0.2, -0.15) is 0 Å². The van der Waals surface area contributed by atoms with Crippen LogP contribution in [-0.2, 0) is 0 Å². The molecule has 3 aromatic rings. The molecule has 9 nitrogen and oxygen atoms in total. The summed E-state index contributed by atoms with van der Waals surface area (Å²) in [4.78, 5) is 17.5. The highest BCUT2D eigenvalue weighted by atomic mass is 16.5. The number of fused-ring (bicyclic) bond motifs is 1. The molecule has 1 aliphatic carbocycles. The summed E-state index contributed by atoms with van der Waals surface area (Å²) in [5, 5.41) is 22.4. The van der Waals surface area contributed by atoms with Crippen LogP contribution >= 0.6 is 0 Å². The van der Waals surface area contributed by atoms with Crippen molar-refractivity contribution in [1.82, 2.24) is 15.2 Å². The molecule has 2 amide bonds. The van der Waals surface area contributed by atoms with Crippen LogP contribution in [0.1, 0.15) is 55.5 Å². The third-order valence-corrected chi connectivity index (χ3v) is 6.53. The molecule has 4 rings (SSSR count). The fourth-order valence-electron chi connectivity index (χ4n) is 4.48. The van der Waals surface area contributed by atoms with Crippen LogP contribution in [0.5, 0.6) is 5.75 Å². The Balaban J connectivity index is 1.49. The van der Waals surface area contributed by atoms with Crippen LogP contribution in [0.25, 0.3) is 0 Å². The van der Waals surface area contributed by atoms with Gasteiger partial charge < -0.3 is 15.8 Å². The summed E-state index contributed by atoms with van der Waals surface area (Å²) in [7, 11) is 0. The molecule has 1 heterocycles. The summed E-state index contributed by atoms with van der Waals surface area (Å²) in [6.07, 6.45) is 5.71. The number of rotatable bonds is 6. The molecule has 0 saturated heterocycles. The Morgan fingerprint density at radius 1 is 1.10 bits per heavy atom. The summed E-state index contributed by atoms with van der Waals surface area (Å²) in [5.74, 6) is 1.23. The minimum Gasteiger partial charge on any atom is -0.484 e. The molecule has 39 heavy (non-hydrogen) atoms. The van der Waals surface area contributed by atoms with Crippen molar-refractivity contribution < 1.29 is 9.53 Å². The van der Waals surface area contributed by atoms with E-state index in [0.717, 1.165) is 16.7 Å². The summed E-state index contributed by atoms with van der Waals surface area (Å²) in [6.45, 7) is 5.85. The molecular weight excluding hydrogens is 490 g/mol. The molecular formula is C30H35N7O2. The smallest absolute Gasteiger partial charge is 0.320 e. The van der Waals surface area contributed by atoms with Gasteiger partial charge in [-0.05, 0) is 67.4 Å². The Labute approximate surface area is 228 Å².